The molecule has 1 aromatic heterocycles. The fourth-order valence-corrected chi connectivity index (χ4v) is 5.94. The number of hydrogen-bond acceptors (Lipinski definition) is 4. The Kier molecular flexibility index (Phi) is 4.41. The Morgan fingerprint density at radius 3 is 2.62 bits per heavy atom. The van der Waals surface area contributed by atoms with Crippen molar-refractivity contribution in [2.75, 3.05) is 6.54 Å². The van der Waals surface area contributed by atoms with Crippen LogP contribution in [0.4, 0.5) is 0 Å². The van der Waals surface area contributed by atoms with Crippen LogP contribution in [0.25, 0.3) is 0 Å². The first kappa shape index (κ1) is 15.5. The van der Waals surface area contributed by atoms with Crippen LogP contribution in [-0.4, -0.2) is 31.4 Å². The highest BCUT2D eigenvalue weighted by Crippen LogP contribution is 2.35. The maximum absolute atomic E-state index is 12.9. The van der Waals surface area contributed by atoms with Gasteiger partial charge < -0.3 is 5.32 Å². The molecule has 0 aliphatic heterocycles. The van der Waals surface area contributed by atoms with Crippen molar-refractivity contribution >= 4 is 21.4 Å². The van der Waals surface area contributed by atoms with E-state index in [1.807, 2.05) is 19.9 Å². The molecule has 0 atom stereocenters. The molecule has 1 N–H and O–H groups in total. The van der Waals surface area contributed by atoms with E-state index in [-0.39, 0.29) is 6.04 Å². The fourth-order valence-electron chi connectivity index (χ4n) is 2.61. The van der Waals surface area contributed by atoms with E-state index < -0.39 is 10.0 Å². The third-order valence-electron chi connectivity index (χ3n) is 4.05. The zero-order chi connectivity index (χ0) is 15.0. The van der Waals surface area contributed by atoms with Crippen molar-refractivity contribution < 1.29 is 8.42 Å². The third kappa shape index (κ3) is 3.50. The standard InChI is InChI=1S/C15H24N2O2S2/c1-3-8-17(13-6-7-13)21(18,19)15-9-14(20-11(15)2)10-16-12-4-5-12/h9,12-13,16H,3-8,10H2,1-2H3. The van der Waals surface area contributed by atoms with Crippen LogP contribution in [-0.2, 0) is 16.6 Å². The first-order valence-corrected chi connectivity index (χ1v) is 10.1. The Hall–Kier alpha value is -0.430. The molecule has 1 aromatic rings. The number of sulfonamides is 1. The second-order valence-electron chi connectivity index (χ2n) is 6.14. The molecule has 0 spiro atoms. The number of aryl methyl sites for hydroxylation is 1. The van der Waals surface area contributed by atoms with E-state index in [2.05, 4.69) is 5.32 Å². The largest absolute Gasteiger partial charge is 0.309 e. The summed E-state index contributed by atoms with van der Waals surface area (Å²) >= 11 is 1.61. The summed E-state index contributed by atoms with van der Waals surface area (Å²) < 4.78 is 27.5. The molecule has 2 fully saturated rings. The topological polar surface area (TPSA) is 49.4 Å². The summed E-state index contributed by atoms with van der Waals surface area (Å²) in [5.74, 6) is 0. The van der Waals surface area contributed by atoms with Crippen LogP contribution < -0.4 is 5.32 Å². The smallest absolute Gasteiger partial charge is 0.244 e. The zero-order valence-corrected chi connectivity index (χ0v) is 14.4. The molecule has 118 valence electrons. The summed E-state index contributed by atoms with van der Waals surface area (Å²) in [5, 5.41) is 3.46. The van der Waals surface area contributed by atoms with Crippen molar-refractivity contribution in [1.29, 1.82) is 0 Å². The van der Waals surface area contributed by atoms with E-state index in [1.54, 1.807) is 15.6 Å². The monoisotopic (exact) mass is 328 g/mol. The first-order valence-electron chi connectivity index (χ1n) is 7.87. The predicted octanol–water partition coefficient (Wildman–Crippen LogP) is 2.87. The average Bonchev–Trinajstić information content (AvgIpc) is 3.33. The summed E-state index contributed by atoms with van der Waals surface area (Å²) in [7, 11) is -3.32. The van der Waals surface area contributed by atoms with Crippen LogP contribution in [0.5, 0.6) is 0 Å². The quantitative estimate of drug-likeness (QED) is 0.798. The van der Waals surface area contributed by atoms with Crippen LogP contribution in [0.2, 0.25) is 0 Å². The Morgan fingerprint density at radius 1 is 1.33 bits per heavy atom. The highest BCUT2D eigenvalue weighted by molar-refractivity contribution is 7.89. The predicted molar refractivity (Wildman–Crippen MR) is 86.1 cm³/mol. The van der Waals surface area contributed by atoms with Crippen LogP contribution in [0.15, 0.2) is 11.0 Å². The van der Waals surface area contributed by atoms with Gasteiger partial charge in [0.15, 0.2) is 0 Å². The second-order valence-corrected chi connectivity index (χ2v) is 9.34. The molecule has 3 rings (SSSR count). The molecule has 6 heteroatoms. The maximum atomic E-state index is 12.9. The van der Waals surface area contributed by atoms with E-state index in [9.17, 15) is 8.42 Å². The summed E-state index contributed by atoms with van der Waals surface area (Å²) in [6.07, 6.45) is 5.40. The van der Waals surface area contributed by atoms with Gasteiger partial charge in [-0.15, -0.1) is 11.3 Å². The molecule has 0 bridgehead atoms. The molecule has 0 amide bonds. The summed E-state index contributed by atoms with van der Waals surface area (Å²) in [4.78, 5) is 2.58. The molecule has 21 heavy (non-hydrogen) atoms. The SMILES string of the molecule is CCCN(C1CC1)S(=O)(=O)c1cc(CNC2CC2)sc1C. The van der Waals surface area contributed by atoms with Gasteiger partial charge >= 0.3 is 0 Å². The van der Waals surface area contributed by atoms with Gasteiger partial charge in [0.1, 0.15) is 0 Å². The van der Waals surface area contributed by atoms with Gasteiger partial charge in [0.05, 0.1) is 4.90 Å². The fraction of sp³-hybridized carbons (Fsp3) is 0.733. The minimum absolute atomic E-state index is 0.238. The molecular weight excluding hydrogens is 304 g/mol. The van der Waals surface area contributed by atoms with Crippen molar-refractivity contribution in [3.63, 3.8) is 0 Å². The molecule has 0 aromatic carbocycles. The number of thiophene rings is 1. The van der Waals surface area contributed by atoms with Crippen molar-refractivity contribution in [2.24, 2.45) is 0 Å². The van der Waals surface area contributed by atoms with E-state index >= 15 is 0 Å². The van der Waals surface area contributed by atoms with Gasteiger partial charge in [0.25, 0.3) is 0 Å². The molecular formula is C15H24N2O2S2. The zero-order valence-electron chi connectivity index (χ0n) is 12.8. The van der Waals surface area contributed by atoms with E-state index in [0.29, 0.717) is 17.5 Å². The lowest BCUT2D eigenvalue weighted by Crippen LogP contribution is -2.33. The van der Waals surface area contributed by atoms with Crippen LogP contribution in [0, 0.1) is 6.92 Å². The van der Waals surface area contributed by atoms with E-state index in [0.717, 1.165) is 35.6 Å². The minimum Gasteiger partial charge on any atom is -0.309 e. The van der Waals surface area contributed by atoms with Crippen LogP contribution >= 0.6 is 11.3 Å². The van der Waals surface area contributed by atoms with Crippen molar-refractivity contribution in [2.45, 2.75) is 69.5 Å². The number of nitrogens with zero attached hydrogens (tertiary/aromatic N) is 1. The molecule has 0 radical (unpaired) electrons. The Morgan fingerprint density at radius 2 is 2.05 bits per heavy atom. The number of rotatable bonds is 8. The highest BCUT2D eigenvalue weighted by atomic mass is 32.2. The highest BCUT2D eigenvalue weighted by Gasteiger charge is 2.38. The molecule has 4 nitrogen and oxygen atoms in total. The van der Waals surface area contributed by atoms with Gasteiger partial charge in [-0.2, -0.15) is 4.31 Å². The van der Waals surface area contributed by atoms with Crippen molar-refractivity contribution in [1.82, 2.24) is 9.62 Å². The number of nitrogens with one attached hydrogen (secondary N) is 1. The Bertz CT molecular complexity index is 601. The second kappa shape index (κ2) is 5.99. The Labute approximate surface area is 131 Å². The van der Waals surface area contributed by atoms with Gasteiger partial charge in [-0.1, -0.05) is 6.92 Å². The lowest BCUT2D eigenvalue weighted by atomic mass is 10.4. The summed E-state index contributed by atoms with van der Waals surface area (Å²) in [6.45, 7) is 5.40. The molecule has 2 aliphatic carbocycles. The van der Waals surface area contributed by atoms with Crippen molar-refractivity contribution in [3.8, 4) is 0 Å². The molecule has 2 saturated carbocycles. The van der Waals surface area contributed by atoms with Crippen LogP contribution in [0.3, 0.4) is 0 Å². The third-order valence-corrected chi connectivity index (χ3v) is 7.31. The lowest BCUT2D eigenvalue weighted by Gasteiger charge is -2.21. The normalized spacial score (nSPS) is 19.4. The van der Waals surface area contributed by atoms with Crippen molar-refractivity contribution in [3.05, 3.63) is 15.8 Å². The van der Waals surface area contributed by atoms with Gasteiger partial charge in [0, 0.05) is 34.9 Å². The molecule has 2 aliphatic rings. The minimum atomic E-state index is -3.32. The van der Waals surface area contributed by atoms with Gasteiger partial charge in [0.2, 0.25) is 10.0 Å². The molecule has 1 heterocycles. The number of hydrogen-bond donors (Lipinski definition) is 1. The molecule has 0 unspecified atom stereocenters. The van der Waals surface area contributed by atoms with Crippen LogP contribution in [0.1, 0.15) is 48.8 Å². The van der Waals surface area contributed by atoms with Gasteiger partial charge in [-0.05, 0) is 45.1 Å². The summed E-state index contributed by atoms with van der Waals surface area (Å²) in [6, 6.07) is 2.77. The van der Waals surface area contributed by atoms with E-state index in [4.69, 9.17) is 0 Å². The van der Waals surface area contributed by atoms with Gasteiger partial charge in [-0.25, -0.2) is 8.42 Å². The maximum Gasteiger partial charge on any atom is 0.244 e. The lowest BCUT2D eigenvalue weighted by molar-refractivity contribution is 0.403. The summed E-state index contributed by atoms with van der Waals surface area (Å²) in [5.41, 5.74) is 0. The molecule has 0 saturated heterocycles. The first-order chi connectivity index (χ1) is 10.0. The average molecular weight is 329 g/mol. The van der Waals surface area contributed by atoms with E-state index in [1.165, 1.54) is 12.8 Å². The Balaban J connectivity index is 1.79. The van der Waals surface area contributed by atoms with Gasteiger partial charge in [-0.3, -0.25) is 0 Å².